The van der Waals surface area contributed by atoms with Crippen molar-refractivity contribution in [3.05, 3.63) is 57.1 Å². The van der Waals surface area contributed by atoms with E-state index < -0.39 is 5.97 Å². The van der Waals surface area contributed by atoms with Crippen molar-refractivity contribution in [2.24, 2.45) is 0 Å². The average Bonchev–Trinajstić information content (AvgIpc) is 3.10. The van der Waals surface area contributed by atoms with E-state index in [0.29, 0.717) is 58.1 Å². The molecule has 2 heterocycles. The molecule has 0 amide bonds. The van der Waals surface area contributed by atoms with Gasteiger partial charge in [-0.1, -0.05) is 23.9 Å². The SMILES string of the molecule is CCOC(=O)c1c(C)[nH]c(C(=O)CSc2nc3ccccc3c(=O)n2CCCOC(C)C)c1C. The van der Waals surface area contributed by atoms with Crippen molar-refractivity contribution >= 4 is 34.4 Å². The van der Waals surface area contributed by atoms with Crippen molar-refractivity contribution in [2.45, 2.75) is 58.8 Å². The van der Waals surface area contributed by atoms with Gasteiger partial charge < -0.3 is 14.5 Å². The van der Waals surface area contributed by atoms with Gasteiger partial charge in [-0.25, -0.2) is 9.78 Å². The molecule has 1 N–H and O–H groups in total. The summed E-state index contributed by atoms with van der Waals surface area (Å²) >= 11 is 1.21. The molecule has 0 aliphatic heterocycles. The Morgan fingerprint density at radius 3 is 2.65 bits per heavy atom. The molecule has 0 spiro atoms. The molecule has 0 fully saturated rings. The molecular weight excluding hydrogens is 454 g/mol. The maximum absolute atomic E-state index is 13.2. The molecule has 0 unspecified atom stereocenters. The van der Waals surface area contributed by atoms with Gasteiger partial charge in [0.25, 0.3) is 5.56 Å². The summed E-state index contributed by atoms with van der Waals surface area (Å²) in [7, 11) is 0. The number of fused-ring (bicyclic) bond motifs is 1. The second kappa shape index (κ2) is 11.5. The van der Waals surface area contributed by atoms with E-state index in [2.05, 4.69) is 9.97 Å². The van der Waals surface area contributed by atoms with Gasteiger partial charge in [-0.2, -0.15) is 0 Å². The van der Waals surface area contributed by atoms with Crippen molar-refractivity contribution in [3.8, 4) is 0 Å². The van der Waals surface area contributed by atoms with Crippen molar-refractivity contribution < 1.29 is 19.1 Å². The number of ether oxygens (including phenoxy) is 2. The van der Waals surface area contributed by atoms with Gasteiger partial charge >= 0.3 is 5.97 Å². The second-order valence-corrected chi connectivity index (χ2v) is 9.14. The van der Waals surface area contributed by atoms with Crippen molar-refractivity contribution in [2.75, 3.05) is 19.0 Å². The molecule has 0 radical (unpaired) electrons. The van der Waals surface area contributed by atoms with Crippen molar-refractivity contribution in [1.82, 2.24) is 14.5 Å². The Morgan fingerprint density at radius 1 is 1.21 bits per heavy atom. The first-order valence-corrected chi connectivity index (χ1v) is 12.4. The van der Waals surface area contributed by atoms with Crippen LogP contribution in [0.3, 0.4) is 0 Å². The zero-order valence-electron chi connectivity index (χ0n) is 20.3. The maximum atomic E-state index is 13.2. The van der Waals surface area contributed by atoms with E-state index in [1.807, 2.05) is 26.0 Å². The topological polar surface area (TPSA) is 103 Å². The third kappa shape index (κ3) is 5.77. The zero-order chi connectivity index (χ0) is 24.8. The van der Waals surface area contributed by atoms with Crippen molar-refractivity contribution in [1.29, 1.82) is 0 Å². The summed E-state index contributed by atoms with van der Waals surface area (Å²) in [4.78, 5) is 46.1. The standard InChI is InChI=1S/C25H31N3O5S/c1-6-32-24(31)21-16(4)22(26-17(21)5)20(29)14-34-25-27-19-11-8-7-10-18(19)23(30)28(25)12-9-13-33-15(2)3/h7-8,10-11,15,26H,6,9,12-14H2,1-5H3. The lowest BCUT2D eigenvalue weighted by Gasteiger charge is -2.14. The number of carbonyl (C=O) groups excluding carboxylic acids is 2. The van der Waals surface area contributed by atoms with Gasteiger partial charge in [0.1, 0.15) is 0 Å². The molecule has 0 bridgehead atoms. The first kappa shape index (κ1) is 25.7. The summed E-state index contributed by atoms with van der Waals surface area (Å²) < 4.78 is 12.3. The summed E-state index contributed by atoms with van der Waals surface area (Å²) in [6.45, 7) is 10.4. The smallest absolute Gasteiger partial charge is 0.340 e. The number of ketones is 1. The minimum absolute atomic E-state index is 0.0658. The molecule has 0 saturated heterocycles. The van der Waals surface area contributed by atoms with Crippen LogP contribution >= 0.6 is 11.8 Å². The number of hydrogen-bond acceptors (Lipinski definition) is 7. The summed E-state index contributed by atoms with van der Waals surface area (Å²) in [5, 5.41) is 1.02. The highest BCUT2D eigenvalue weighted by atomic mass is 32.2. The number of aromatic amines is 1. The van der Waals surface area contributed by atoms with E-state index in [1.54, 1.807) is 37.5 Å². The molecule has 0 aliphatic carbocycles. The lowest BCUT2D eigenvalue weighted by atomic mass is 10.1. The normalized spacial score (nSPS) is 11.4. The predicted molar refractivity (Wildman–Crippen MR) is 133 cm³/mol. The van der Waals surface area contributed by atoms with Crippen LogP contribution in [0.5, 0.6) is 0 Å². The molecule has 0 atom stereocenters. The molecule has 2 aromatic heterocycles. The molecular formula is C25H31N3O5S. The Balaban J connectivity index is 1.84. The highest BCUT2D eigenvalue weighted by molar-refractivity contribution is 7.99. The molecule has 1 aromatic carbocycles. The number of aromatic nitrogens is 3. The van der Waals surface area contributed by atoms with Crippen LogP contribution in [0.25, 0.3) is 10.9 Å². The minimum atomic E-state index is -0.450. The molecule has 3 rings (SSSR count). The Bertz CT molecular complexity index is 1250. The van der Waals surface area contributed by atoms with E-state index in [-0.39, 0.29) is 29.8 Å². The van der Waals surface area contributed by atoms with E-state index in [4.69, 9.17) is 9.47 Å². The third-order valence-electron chi connectivity index (χ3n) is 5.33. The Hall–Kier alpha value is -2.91. The Morgan fingerprint density at radius 2 is 1.94 bits per heavy atom. The number of carbonyl (C=O) groups is 2. The van der Waals surface area contributed by atoms with Gasteiger partial charge in [0.15, 0.2) is 10.9 Å². The van der Waals surface area contributed by atoms with Gasteiger partial charge in [0, 0.05) is 18.8 Å². The van der Waals surface area contributed by atoms with E-state index >= 15 is 0 Å². The average molecular weight is 486 g/mol. The van der Waals surface area contributed by atoms with Crippen LogP contribution in [0, 0.1) is 13.8 Å². The second-order valence-electron chi connectivity index (χ2n) is 8.20. The van der Waals surface area contributed by atoms with Crippen molar-refractivity contribution in [3.63, 3.8) is 0 Å². The van der Waals surface area contributed by atoms with Crippen LogP contribution in [-0.4, -0.2) is 51.4 Å². The zero-order valence-corrected chi connectivity index (χ0v) is 21.1. The van der Waals surface area contributed by atoms with Gasteiger partial charge in [-0.05, 0) is 58.7 Å². The lowest BCUT2D eigenvalue weighted by molar-refractivity contribution is 0.0525. The highest BCUT2D eigenvalue weighted by Crippen LogP contribution is 2.23. The first-order chi connectivity index (χ1) is 16.2. The number of thioether (sulfide) groups is 1. The van der Waals surface area contributed by atoms with E-state index in [0.717, 1.165) is 0 Å². The number of H-pyrrole nitrogens is 1. The quantitative estimate of drug-likeness (QED) is 0.142. The number of benzene rings is 1. The fraction of sp³-hybridized carbons (Fsp3) is 0.440. The number of hydrogen-bond donors (Lipinski definition) is 1. The van der Waals surface area contributed by atoms with Crippen LogP contribution in [0.2, 0.25) is 0 Å². The minimum Gasteiger partial charge on any atom is -0.462 e. The molecule has 9 heteroatoms. The number of rotatable bonds is 11. The number of esters is 1. The molecule has 8 nitrogen and oxygen atoms in total. The largest absolute Gasteiger partial charge is 0.462 e. The fourth-order valence-corrected chi connectivity index (χ4v) is 4.63. The van der Waals surface area contributed by atoms with Crippen LogP contribution in [0.1, 0.15) is 59.3 Å². The number of nitrogens with zero attached hydrogens (tertiary/aromatic N) is 2. The van der Waals surface area contributed by atoms with Crippen LogP contribution in [0.4, 0.5) is 0 Å². The summed E-state index contributed by atoms with van der Waals surface area (Å²) in [6.07, 6.45) is 0.766. The number of aryl methyl sites for hydroxylation is 1. The first-order valence-electron chi connectivity index (χ1n) is 11.4. The number of nitrogens with one attached hydrogen (secondary N) is 1. The van der Waals surface area contributed by atoms with Gasteiger partial charge in [0.2, 0.25) is 0 Å². The van der Waals surface area contributed by atoms with Gasteiger partial charge in [-0.3, -0.25) is 14.2 Å². The fourth-order valence-electron chi connectivity index (χ4n) is 3.74. The van der Waals surface area contributed by atoms with Crippen LogP contribution in [-0.2, 0) is 16.0 Å². The number of Topliss-reactive ketones (excluding diaryl/α,β-unsaturated/α-hetero) is 1. The maximum Gasteiger partial charge on any atom is 0.340 e. The summed E-state index contributed by atoms with van der Waals surface area (Å²) in [5.41, 5.74) is 2.37. The lowest BCUT2D eigenvalue weighted by Crippen LogP contribution is -2.24. The third-order valence-corrected chi connectivity index (χ3v) is 6.31. The van der Waals surface area contributed by atoms with E-state index in [9.17, 15) is 14.4 Å². The monoisotopic (exact) mass is 485 g/mol. The van der Waals surface area contributed by atoms with Gasteiger partial charge in [-0.15, -0.1) is 0 Å². The molecule has 182 valence electrons. The predicted octanol–water partition coefficient (Wildman–Crippen LogP) is 4.31. The molecule has 34 heavy (non-hydrogen) atoms. The van der Waals surface area contributed by atoms with Crippen LogP contribution < -0.4 is 5.56 Å². The Kier molecular flexibility index (Phi) is 8.68. The molecule has 0 saturated carbocycles. The summed E-state index contributed by atoms with van der Waals surface area (Å²) in [5.74, 6) is -0.566. The number of para-hydroxylation sites is 1. The summed E-state index contributed by atoms with van der Waals surface area (Å²) in [6, 6.07) is 7.19. The van der Waals surface area contributed by atoms with Gasteiger partial charge in [0.05, 0.1) is 40.6 Å². The molecule has 3 aromatic rings. The van der Waals surface area contributed by atoms with Crippen LogP contribution in [0.15, 0.2) is 34.2 Å². The Labute approximate surface area is 203 Å². The van der Waals surface area contributed by atoms with E-state index in [1.165, 1.54) is 11.8 Å². The highest BCUT2D eigenvalue weighted by Gasteiger charge is 2.23. The molecule has 0 aliphatic rings.